The highest BCUT2D eigenvalue weighted by atomic mass is 16.3. The summed E-state index contributed by atoms with van der Waals surface area (Å²) in [5.41, 5.74) is 4.81. The van der Waals surface area contributed by atoms with E-state index in [9.17, 15) is 10.2 Å². The SMILES string of the molecule is CCCCC(CC)Cc1ccc2c(-c3c4ccccc4c(O)c4cc(CC(CC)CCCC)ccc34)c3ccccc3c(O)c2c1. The Bertz CT molecular complexity index is 1840. The molecule has 2 atom stereocenters. The van der Waals surface area contributed by atoms with Crippen molar-refractivity contribution in [1.82, 2.24) is 0 Å². The van der Waals surface area contributed by atoms with Gasteiger partial charge >= 0.3 is 0 Å². The van der Waals surface area contributed by atoms with Crippen LogP contribution < -0.4 is 0 Å². The largest absolute Gasteiger partial charge is 0.507 e. The van der Waals surface area contributed by atoms with E-state index in [0.29, 0.717) is 23.3 Å². The lowest BCUT2D eigenvalue weighted by molar-refractivity contribution is 0.449. The Balaban J connectivity index is 1.61. The van der Waals surface area contributed by atoms with Gasteiger partial charge < -0.3 is 10.2 Å². The van der Waals surface area contributed by atoms with Crippen molar-refractivity contribution in [2.75, 3.05) is 0 Å². The van der Waals surface area contributed by atoms with Gasteiger partial charge in [-0.25, -0.2) is 0 Å². The van der Waals surface area contributed by atoms with Crippen LogP contribution in [0.1, 0.15) is 90.2 Å². The molecule has 0 aliphatic heterocycles. The van der Waals surface area contributed by atoms with Gasteiger partial charge in [0.25, 0.3) is 0 Å². The summed E-state index contributed by atoms with van der Waals surface area (Å²) in [5, 5.41) is 31.2. The summed E-state index contributed by atoms with van der Waals surface area (Å²) >= 11 is 0. The molecular formula is C44H50O2. The zero-order valence-corrected chi connectivity index (χ0v) is 28.2. The van der Waals surface area contributed by atoms with Crippen molar-refractivity contribution >= 4 is 43.1 Å². The smallest absolute Gasteiger partial charge is 0.131 e. The van der Waals surface area contributed by atoms with Gasteiger partial charge in [-0.1, -0.05) is 152 Å². The fourth-order valence-electron chi connectivity index (χ4n) is 7.75. The number of aromatic hydroxyl groups is 2. The Morgan fingerprint density at radius 2 is 0.826 bits per heavy atom. The Morgan fingerprint density at radius 1 is 0.457 bits per heavy atom. The molecule has 0 bridgehead atoms. The third-order valence-corrected chi connectivity index (χ3v) is 10.5. The Kier molecular flexibility index (Phi) is 9.83. The van der Waals surface area contributed by atoms with E-state index in [-0.39, 0.29) is 0 Å². The van der Waals surface area contributed by atoms with Crippen LogP contribution >= 0.6 is 0 Å². The third-order valence-electron chi connectivity index (χ3n) is 10.5. The second-order valence-electron chi connectivity index (χ2n) is 13.5. The van der Waals surface area contributed by atoms with E-state index >= 15 is 0 Å². The molecule has 0 amide bonds. The van der Waals surface area contributed by atoms with Crippen LogP contribution in [-0.2, 0) is 12.8 Å². The van der Waals surface area contributed by atoms with E-state index in [4.69, 9.17) is 0 Å². The zero-order valence-electron chi connectivity index (χ0n) is 28.2. The van der Waals surface area contributed by atoms with Crippen LogP contribution in [0.15, 0.2) is 84.9 Å². The van der Waals surface area contributed by atoms with Crippen molar-refractivity contribution in [1.29, 1.82) is 0 Å². The minimum Gasteiger partial charge on any atom is -0.507 e. The van der Waals surface area contributed by atoms with E-state index < -0.39 is 0 Å². The molecule has 2 heteroatoms. The van der Waals surface area contributed by atoms with E-state index in [2.05, 4.69) is 88.4 Å². The predicted octanol–water partition coefficient (Wildman–Crippen LogP) is 12.9. The molecule has 0 heterocycles. The van der Waals surface area contributed by atoms with Crippen LogP contribution in [0.4, 0.5) is 0 Å². The van der Waals surface area contributed by atoms with Crippen molar-refractivity contribution in [2.24, 2.45) is 11.8 Å². The van der Waals surface area contributed by atoms with E-state index in [0.717, 1.165) is 79.9 Å². The van der Waals surface area contributed by atoms with Crippen molar-refractivity contribution in [2.45, 2.75) is 91.9 Å². The summed E-state index contributed by atoms with van der Waals surface area (Å²) in [6.45, 7) is 9.12. The molecule has 6 aromatic carbocycles. The molecule has 0 fully saturated rings. The number of fused-ring (bicyclic) bond motifs is 4. The van der Waals surface area contributed by atoms with Gasteiger partial charge in [-0.15, -0.1) is 0 Å². The molecule has 2 N–H and O–H groups in total. The van der Waals surface area contributed by atoms with Gasteiger partial charge in [-0.2, -0.15) is 0 Å². The lowest BCUT2D eigenvalue weighted by Crippen LogP contribution is -2.03. The quantitative estimate of drug-likeness (QED) is 0.128. The van der Waals surface area contributed by atoms with Gasteiger partial charge in [0.05, 0.1) is 0 Å². The summed E-state index contributed by atoms with van der Waals surface area (Å²) in [7, 11) is 0. The second-order valence-corrected chi connectivity index (χ2v) is 13.5. The highest BCUT2D eigenvalue weighted by molar-refractivity contribution is 6.26. The van der Waals surface area contributed by atoms with Gasteiger partial charge in [0.15, 0.2) is 0 Å². The van der Waals surface area contributed by atoms with Crippen LogP contribution in [0.3, 0.4) is 0 Å². The second kappa shape index (κ2) is 14.2. The number of unbranched alkanes of at least 4 members (excludes halogenated alkanes) is 2. The van der Waals surface area contributed by atoms with Gasteiger partial charge in [-0.3, -0.25) is 0 Å². The number of hydrogen-bond donors (Lipinski definition) is 2. The first kappa shape index (κ1) is 31.9. The van der Waals surface area contributed by atoms with E-state index in [1.807, 2.05) is 24.3 Å². The molecule has 0 aliphatic rings. The predicted molar refractivity (Wildman–Crippen MR) is 199 cm³/mol. The van der Waals surface area contributed by atoms with Gasteiger partial charge in [0.1, 0.15) is 11.5 Å². The molecule has 0 spiro atoms. The molecule has 0 aliphatic carbocycles. The fraction of sp³-hybridized carbons (Fsp3) is 0.364. The van der Waals surface area contributed by atoms with Crippen molar-refractivity contribution in [3.8, 4) is 22.6 Å². The fourth-order valence-corrected chi connectivity index (χ4v) is 7.75. The first-order chi connectivity index (χ1) is 22.5. The summed E-state index contributed by atoms with van der Waals surface area (Å²) in [4.78, 5) is 0. The van der Waals surface area contributed by atoms with Crippen LogP contribution in [0.2, 0.25) is 0 Å². The van der Waals surface area contributed by atoms with E-state index in [1.165, 1.54) is 49.7 Å². The van der Waals surface area contributed by atoms with Crippen molar-refractivity contribution in [3.05, 3.63) is 96.1 Å². The third kappa shape index (κ3) is 6.07. The lowest BCUT2D eigenvalue weighted by Gasteiger charge is -2.21. The summed E-state index contributed by atoms with van der Waals surface area (Å²) in [5.74, 6) is 2.00. The molecule has 0 aromatic heterocycles. The molecule has 2 nitrogen and oxygen atoms in total. The Morgan fingerprint density at radius 3 is 1.20 bits per heavy atom. The lowest BCUT2D eigenvalue weighted by atomic mass is 9.83. The van der Waals surface area contributed by atoms with Gasteiger partial charge in [-0.05, 0) is 80.6 Å². The summed E-state index contributed by atoms with van der Waals surface area (Å²) < 4.78 is 0. The molecule has 46 heavy (non-hydrogen) atoms. The van der Waals surface area contributed by atoms with Crippen LogP contribution in [0.25, 0.3) is 54.2 Å². The zero-order chi connectivity index (χ0) is 32.2. The van der Waals surface area contributed by atoms with Crippen molar-refractivity contribution in [3.63, 3.8) is 0 Å². The van der Waals surface area contributed by atoms with Crippen LogP contribution in [0.5, 0.6) is 11.5 Å². The number of benzene rings is 6. The topological polar surface area (TPSA) is 40.5 Å². The maximum atomic E-state index is 11.8. The molecule has 6 aromatic rings. The standard InChI is InChI=1S/C44H50O2/c1-5-9-15-29(7-3)25-31-21-23-35-39(27-31)43(45)37-19-13-11-17-33(37)41(35)42-34-18-12-14-20-38(34)44(46)40-28-32(22-24-36(40)42)26-30(8-4)16-10-6-2/h11-14,17-24,27-30,45-46H,5-10,15-16,25-26H2,1-4H3. The average molecular weight is 611 g/mol. The molecule has 0 saturated carbocycles. The first-order valence-electron chi connectivity index (χ1n) is 17.8. The summed E-state index contributed by atoms with van der Waals surface area (Å²) in [6.07, 6.45) is 11.8. The van der Waals surface area contributed by atoms with Gasteiger partial charge in [0.2, 0.25) is 0 Å². The molecular weight excluding hydrogens is 560 g/mol. The van der Waals surface area contributed by atoms with Crippen molar-refractivity contribution < 1.29 is 10.2 Å². The number of hydrogen-bond acceptors (Lipinski definition) is 2. The molecule has 238 valence electrons. The number of phenols is 2. The average Bonchev–Trinajstić information content (AvgIpc) is 3.10. The Labute approximate surface area is 275 Å². The van der Waals surface area contributed by atoms with E-state index in [1.54, 1.807) is 0 Å². The number of phenolic OH excluding ortho intramolecular Hbond substituents is 2. The highest BCUT2D eigenvalue weighted by Gasteiger charge is 2.22. The molecule has 0 radical (unpaired) electrons. The number of rotatable bonds is 13. The maximum absolute atomic E-state index is 11.8. The molecule has 2 unspecified atom stereocenters. The Hall–Kier alpha value is -4.04. The minimum atomic E-state index is 0.352. The highest BCUT2D eigenvalue weighted by Crippen LogP contribution is 2.49. The molecule has 0 saturated heterocycles. The minimum absolute atomic E-state index is 0.352. The monoisotopic (exact) mass is 610 g/mol. The first-order valence-corrected chi connectivity index (χ1v) is 17.8. The normalized spacial score (nSPS) is 13.2. The molecule has 6 rings (SSSR count). The summed E-state index contributed by atoms with van der Waals surface area (Å²) in [6, 6.07) is 30.0. The van der Waals surface area contributed by atoms with Crippen LogP contribution in [-0.4, -0.2) is 10.2 Å². The van der Waals surface area contributed by atoms with Gasteiger partial charge in [0, 0.05) is 21.5 Å². The maximum Gasteiger partial charge on any atom is 0.131 e. The van der Waals surface area contributed by atoms with Crippen LogP contribution in [0, 0.1) is 11.8 Å².